The third-order valence-electron chi connectivity index (χ3n) is 7.49. The van der Waals surface area contributed by atoms with Crippen molar-refractivity contribution in [3.05, 3.63) is 45.8 Å². The number of aromatic nitrogens is 2. The maximum absolute atomic E-state index is 13.0. The molecule has 37 heavy (non-hydrogen) atoms. The van der Waals surface area contributed by atoms with E-state index in [2.05, 4.69) is 15.3 Å². The van der Waals surface area contributed by atoms with Gasteiger partial charge in [-0.2, -0.15) is 5.10 Å². The van der Waals surface area contributed by atoms with Gasteiger partial charge in [-0.05, 0) is 62.8 Å². The summed E-state index contributed by atoms with van der Waals surface area (Å²) in [4.78, 5) is 15.5. The second-order valence-electron chi connectivity index (χ2n) is 9.91. The SMILES string of the molecule is O=c1c(Cl)c(NC[C@@H]2COCCS2(=O)=O)cnn1C1CCC(N(c2ccc(OCF)cc2)C2CC2)CC1. The van der Waals surface area contributed by atoms with Gasteiger partial charge in [0, 0.05) is 24.3 Å². The van der Waals surface area contributed by atoms with Crippen molar-refractivity contribution in [3.63, 3.8) is 0 Å². The van der Waals surface area contributed by atoms with Crippen molar-refractivity contribution in [1.29, 1.82) is 0 Å². The fourth-order valence-electron chi connectivity index (χ4n) is 5.33. The van der Waals surface area contributed by atoms with Crippen molar-refractivity contribution in [1.82, 2.24) is 9.78 Å². The van der Waals surface area contributed by atoms with Gasteiger partial charge >= 0.3 is 0 Å². The molecule has 0 amide bonds. The lowest BCUT2D eigenvalue weighted by molar-refractivity contribution is 0.140. The zero-order chi connectivity index (χ0) is 26.0. The Hall–Kier alpha value is -2.37. The fourth-order valence-corrected chi connectivity index (χ4v) is 6.86. The van der Waals surface area contributed by atoms with Crippen molar-refractivity contribution in [2.24, 2.45) is 0 Å². The molecule has 1 atom stereocenters. The number of nitrogens with one attached hydrogen (secondary N) is 1. The lowest BCUT2D eigenvalue weighted by Gasteiger charge is -2.39. The van der Waals surface area contributed by atoms with Crippen LogP contribution in [0.25, 0.3) is 0 Å². The molecule has 2 saturated carbocycles. The van der Waals surface area contributed by atoms with Gasteiger partial charge in [-0.3, -0.25) is 4.79 Å². The Morgan fingerprint density at radius 3 is 2.43 bits per heavy atom. The largest absolute Gasteiger partial charge is 0.463 e. The molecule has 3 aliphatic rings. The van der Waals surface area contributed by atoms with Crippen LogP contribution in [-0.4, -0.2) is 67.9 Å². The molecule has 1 saturated heterocycles. The number of benzene rings is 1. The highest BCUT2D eigenvalue weighted by Gasteiger charge is 2.37. The standard InChI is InChI=1S/C25H32ClFN4O5S/c26-24-23(28-13-22-15-35-11-12-37(22,33)34)14-29-31(25(24)32)20-5-3-18(4-6-20)30(17-1-2-17)19-7-9-21(10-8-19)36-16-27/h7-10,14,17-18,20,22,28H,1-6,11-13,15-16H2/t18?,20?,22-/m1/s1. The minimum atomic E-state index is -3.24. The highest BCUT2D eigenvalue weighted by Crippen LogP contribution is 2.40. The first-order chi connectivity index (χ1) is 17.9. The second kappa shape index (κ2) is 11.2. The molecule has 1 N–H and O–H groups in total. The van der Waals surface area contributed by atoms with Crippen LogP contribution in [0.4, 0.5) is 15.8 Å². The quantitative estimate of drug-likeness (QED) is 0.502. The molecule has 3 fully saturated rings. The van der Waals surface area contributed by atoms with E-state index < -0.39 is 21.9 Å². The maximum atomic E-state index is 13.0. The lowest BCUT2D eigenvalue weighted by Crippen LogP contribution is -2.42. The Bertz CT molecular complexity index is 1250. The topological polar surface area (TPSA) is 103 Å². The average molecular weight is 555 g/mol. The summed E-state index contributed by atoms with van der Waals surface area (Å²) < 4.78 is 48.6. The van der Waals surface area contributed by atoms with Gasteiger partial charge in [0.1, 0.15) is 16.0 Å². The first-order valence-corrected chi connectivity index (χ1v) is 14.8. The molecule has 0 bridgehead atoms. The van der Waals surface area contributed by atoms with Gasteiger partial charge in [0.2, 0.25) is 6.86 Å². The van der Waals surface area contributed by atoms with Gasteiger partial charge in [0.25, 0.3) is 5.56 Å². The van der Waals surface area contributed by atoms with Crippen LogP contribution in [0, 0.1) is 0 Å². The zero-order valence-corrected chi connectivity index (χ0v) is 22.1. The Balaban J connectivity index is 1.22. The molecule has 0 spiro atoms. The summed E-state index contributed by atoms with van der Waals surface area (Å²) in [6.45, 7) is -0.411. The first kappa shape index (κ1) is 26.2. The van der Waals surface area contributed by atoms with E-state index in [1.165, 1.54) is 10.9 Å². The highest BCUT2D eigenvalue weighted by atomic mass is 35.5. The van der Waals surface area contributed by atoms with Gasteiger partial charge in [-0.1, -0.05) is 11.6 Å². The summed E-state index contributed by atoms with van der Waals surface area (Å²) >= 11 is 6.39. The van der Waals surface area contributed by atoms with Crippen molar-refractivity contribution in [2.75, 3.05) is 42.6 Å². The third kappa shape index (κ3) is 5.88. The summed E-state index contributed by atoms with van der Waals surface area (Å²) in [5, 5.41) is 6.69. The van der Waals surface area contributed by atoms with Gasteiger partial charge < -0.3 is 19.7 Å². The predicted octanol–water partition coefficient (Wildman–Crippen LogP) is 3.58. The molecule has 2 aromatic rings. The monoisotopic (exact) mass is 554 g/mol. The highest BCUT2D eigenvalue weighted by molar-refractivity contribution is 7.92. The number of nitrogens with zero attached hydrogens (tertiary/aromatic N) is 3. The van der Waals surface area contributed by atoms with Crippen molar-refractivity contribution in [3.8, 4) is 5.75 Å². The third-order valence-corrected chi connectivity index (χ3v) is 9.91. The summed E-state index contributed by atoms with van der Waals surface area (Å²) in [5.74, 6) is 0.506. The van der Waals surface area contributed by atoms with E-state index in [9.17, 15) is 17.6 Å². The van der Waals surface area contributed by atoms with Crippen LogP contribution in [0.5, 0.6) is 5.75 Å². The average Bonchev–Trinajstić information content (AvgIpc) is 3.73. The summed E-state index contributed by atoms with van der Waals surface area (Å²) in [6.07, 6.45) is 7.23. The number of rotatable bonds is 9. The second-order valence-corrected chi connectivity index (χ2v) is 12.7. The first-order valence-electron chi connectivity index (χ1n) is 12.7. The molecule has 1 aliphatic heterocycles. The zero-order valence-electron chi connectivity index (χ0n) is 20.5. The fraction of sp³-hybridized carbons (Fsp3) is 0.600. The lowest BCUT2D eigenvalue weighted by atomic mass is 9.89. The molecule has 0 unspecified atom stereocenters. The summed E-state index contributed by atoms with van der Waals surface area (Å²) in [7, 11) is -3.24. The molecule has 9 nitrogen and oxygen atoms in total. The Labute approximate surface area is 220 Å². The molecule has 2 aliphatic carbocycles. The normalized spacial score (nSPS) is 25.4. The van der Waals surface area contributed by atoms with E-state index in [0.29, 0.717) is 23.5 Å². The van der Waals surface area contributed by atoms with Crippen LogP contribution in [0.1, 0.15) is 44.6 Å². The molecule has 1 aromatic heterocycles. The predicted molar refractivity (Wildman–Crippen MR) is 140 cm³/mol. The molecule has 1 aromatic carbocycles. The minimum Gasteiger partial charge on any atom is -0.463 e. The van der Waals surface area contributed by atoms with Crippen molar-refractivity contribution < 1.29 is 22.3 Å². The van der Waals surface area contributed by atoms with Crippen LogP contribution < -0.4 is 20.5 Å². The van der Waals surface area contributed by atoms with Crippen LogP contribution in [0.3, 0.4) is 0 Å². The Morgan fingerprint density at radius 2 is 1.81 bits per heavy atom. The molecule has 12 heteroatoms. The van der Waals surface area contributed by atoms with E-state index in [0.717, 1.165) is 44.2 Å². The number of hydrogen-bond acceptors (Lipinski definition) is 8. The van der Waals surface area contributed by atoms with E-state index in [1.54, 1.807) is 12.1 Å². The molecule has 2 heterocycles. The Kier molecular flexibility index (Phi) is 7.92. The number of sulfone groups is 1. The summed E-state index contributed by atoms with van der Waals surface area (Å²) in [5.41, 5.74) is 1.06. The smallest absolute Gasteiger partial charge is 0.287 e. The minimum absolute atomic E-state index is 0.00730. The maximum Gasteiger partial charge on any atom is 0.287 e. The van der Waals surface area contributed by atoms with Crippen molar-refractivity contribution >= 4 is 32.8 Å². The number of anilines is 2. The van der Waals surface area contributed by atoms with Gasteiger partial charge in [0.05, 0.1) is 36.9 Å². The summed E-state index contributed by atoms with van der Waals surface area (Å²) in [6, 6.07) is 8.37. The van der Waals surface area contributed by atoms with Gasteiger partial charge in [-0.15, -0.1) is 0 Å². The molecular weight excluding hydrogens is 523 g/mol. The molecular formula is C25H32ClFN4O5S. The van der Waals surface area contributed by atoms with Gasteiger partial charge in [0.15, 0.2) is 9.84 Å². The molecule has 0 radical (unpaired) electrons. The number of ether oxygens (including phenoxy) is 2. The van der Waals surface area contributed by atoms with Crippen molar-refractivity contribution in [2.45, 2.75) is 61.9 Å². The van der Waals surface area contributed by atoms with Gasteiger partial charge in [-0.25, -0.2) is 17.5 Å². The Morgan fingerprint density at radius 1 is 1.14 bits per heavy atom. The molecule has 5 rings (SSSR count). The van der Waals surface area contributed by atoms with Crippen LogP contribution in [0.2, 0.25) is 5.02 Å². The number of hydrogen-bond donors (Lipinski definition) is 1. The van der Waals surface area contributed by atoms with Crippen LogP contribution in [0.15, 0.2) is 35.3 Å². The van der Waals surface area contributed by atoms with E-state index >= 15 is 0 Å². The van der Waals surface area contributed by atoms with Crippen LogP contribution in [-0.2, 0) is 14.6 Å². The van der Waals surface area contributed by atoms with E-state index in [-0.39, 0.29) is 42.1 Å². The van der Waals surface area contributed by atoms with E-state index in [4.69, 9.17) is 21.1 Å². The molecule has 202 valence electrons. The van der Waals surface area contributed by atoms with E-state index in [1.807, 2.05) is 12.1 Å². The van der Waals surface area contributed by atoms with Crippen LogP contribution >= 0.6 is 11.6 Å². The number of halogens is 2. The number of alkyl halides is 1.